The monoisotopic (exact) mass is 786 g/mol. The number of hydrogen-bond acceptors (Lipinski definition) is 8. The van der Waals surface area contributed by atoms with Crippen LogP contribution in [0.1, 0.15) is 52.0 Å². The van der Waals surface area contributed by atoms with Gasteiger partial charge in [-0.15, -0.1) is 0 Å². The van der Waals surface area contributed by atoms with Crippen molar-refractivity contribution in [2.24, 2.45) is 0 Å². The summed E-state index contributed by atoms with van der Waals surface area (Å²) in [5.74, 6) is -0.767. The molecule has 0 spiro atoms. The zero-order valence-corrected chi connectivity index (χ0v) is 31.9. The minimum atomic E-state index is -1.32. The Bertz CT molecular complexity index is 2890. The van der Waals surface area contributed by atoms with Crippen molar-refractivity contribution < 1.29 is 14.3 Å². The van der Waals surface area contributed by atoms with Crippen LogP contribution in [0.25, 0.3) is 34.1 Å². The van der Waals surface area contributed by atoms with E-state index in [0.29, 0.717) is 67.0 Å². The Labute approximate surface area is 329 Å². The van der Waals surface area contributed by atoms with Gasteiger partial charge in [-0.2, -0.15) is 10.2 Å². The van der Waals surface area contributed by atoms with E-state index < -0.39 is 17.2 Å². The fourth-order valence-corrected chi connectivity index (χ4v) is 7.94. The molecule has 290 valence electrons. The first-order valence-corrected chi connectivity index (χ1v) is 19.2. The van der Waals surface area contributed by atoms with Gasteiger partial charge in [0.15, 0.2) is 10.6 Å². The molecule has 0 atom stereocenters. The van der Waals surface area contributed by atoms with Crippen LogP contribution in [0, 0.1) is 17.5 Å². The van der Waals surface area contributed by atoms with Gasteiger partial charge in [0, 0.05) is 72.7 Å². The quantitative estimate of drug-likeness (QED) is 0.161. The van der Waals surface area contributed by atoms with E-state index in [0.717, 1.165) is 34.9 Å². The average molecular weight is 787 g/mol. The Kier molecular flexibility index (Phi) is 9.29. The lowest BCUT2D eigenvalue weighted by atomic mass is 10.1. The maximum atomic E-state index is 15.7. The van der Waals surface area contributed by atoms with E-state index >= 15 is 4.39 Å². The molecule has 1 aliphatic carbocycles. The van der Waals surface area contributed by atoms with Gasteiger partial charge >= 0.3 is 11.7 Å². The van der Waals surface area contributed by atoms with E-state index in [9.17, 15) is 19.5 Å². The van der Waals surface area contributed by atoms with E-state index in [4.69, 9.17) is 17.3 Å². The number of aryl methyl sites for hydroxylation is 1. The molecule has 0 radical (unpaired) electrons. The van der Waals surface area contributed by atoms with Crippen LogP contribution in [0.15, 0.2) is 88.7 Å². The normalized spacial score (nSPS) is 15.1. The molecule has 0 bridgehead atoms. The number of carboxylic acid groups (broad SMARTS) is 1. The number of aromatic carboxylic acids is 1. The predicted molar refractivity (Wildman–Crippen MR) is 218 cm³/mol. The Balaban J connectivity index is 0.955. The number of hydrogen-bond donors (Lipinski definition) is 2. The number of nitrogens with one attached hydrogen (secondary N) is 1. The van der Waals surface area contributed by atoms with Crippen molar-refractivity contribution in [1.82, 2.24) is 43.1 Å². The maximum Gasteiger partial charge on any atom is 0.350 e. The zero-order valence-electron chi connectivity index (χ0n) is 31.1. The van der Waals surface area contributed by atoms with E-state index in [-0.39, 0.29) is 29.2 Å². The fourth-order valence-electron chi connectivity index (χ4n) is 7.67. The van der Waals surface area contributed by atoms with Gasteiger partial charge in [-0.1, -0.05) is 48.5 Å². The fraction of sp³-hybridized carbons (Fsp3) is 0.268. The maximum absolute atomic E-state index is 15.7. The standard InChI is InChI=1S/C41H39FN10O4S/c1-26-44-51(40(56)48(26)14-13-28-21-43-34-10-6-5-9-30(28)34)24-37-45-52(41(57)50(37)22-27-7-3-2-4-8-27)25-46-15-17-47(18-16-46)36-20-35-31(19-33(36)42)38(53)32(39(54)55)23-49(35)29-11-12-29/h2-10,13-14,19-21,23,29,43H,11-12,15-18,22,24-25H2,1H3,(H,54,55)/b14-13-. The third kappa shape index (κ3) is 6.91. The molecule has 5 heterocycles. The number of H-pyrrole nitrogens is 1. The van der Waals surface area contributed by atoms with Crippen molar-refractivity contribution in [3.8, 4) is 0 Å². The number of para-hydroxylation sites is 1. The number of piperazine rings is 1. The van der Waals surface area contributed by atoms with E-state index in [2.05, 4.69) is 15.0 Å². The van der Waals surface area contributed by atoms with Crippen LogP contribution in [0.5, 0.6) is 0 Å². The highest BCUT2D eigenvalue weighted by molar-refractivity contribution is 7.71. The third-order valence-electron chi connectivity index (χ3n) is 10.9. The van der Waals surface area contributed by atoms with Gasteiger partial charge < -0.3 is 19.6 Å². The molecule has 9 rings (SSSR count). The number of carboxylic acids is 1. The molecule has 2 aliphatic rings. The van der Waals surface area contributed by atoms with Crippen molar-refractivity contribution in [3.05, 3.63) is 139 Å². The summed E-state index contributed by atoms with van der Waals surface area (Å²) in [6, 6.07) is 20.9. The molecule has 2 fully saturated rings. The summed E-state index contributed by atoms with van der Waals surface area (Å²) in [7, 11) is 0. The Hall–Kier alpha value is -6.39. The van der Waals surface area contributed by atoms with Crippen LogP contribution in [-0.2, 0) is 19.8 Å². The highest BCUT2D eigenvalue weighted by Crippen LogP contribution is 2.38. The molecule has 7 aromatic rings. The number of pyridine rings is 1. The first-order valence-electron chi connectivity index (χ1n) is 18.8. The second-order valence-corrected chi connectivity index (χ2v) is 15.0. The topological polar surface area (TPSA) is 144 Å². The van der Waals surface area contributed by atoms with E-state index in [1.165, 1.54) is 21.5 Å². The number of nitrogens with zero attached hydrogens (tertiary/aromatic N) is 9. The van der Waals surface area contributed by atoms with Crippen LogP contribution < -0.4 is 16.0 Å². The van der Waals surface area contributed by atoms with E-state index in [1.807, 2.05) is 80.9 Å². The number of aromatic nitrogens is 8. The summed E-state index contributed by atoms with van der Waals surface area (Å²) >= 11 is 6.01. The van der Waals surface area contributed by atoms with Crippen molar-refractivity contribution in [2.45, 2.75) is 45.6 Å². The van der Waals surface area contributed by atoms with Crippen molar-refractivity contribution in [2.75, 3.05) is 31.1 Å². The van der Waals surface area contributed by atoms with Gasteiger partial charge in [0.25, 0.3) is 0 Å². The molecular formula is C41H39FN10O4S. The van der Waals surface area contributed by atoms with Gasteiger partial charge in [0.2, 0.25) is 5.43 Å². The molecule has 16 heteroatoms. The SMILES string of the molecule is Cc1nn(Cc2nn(CN3CCN(c4cc5c(cc4F)c(=O)c(C(=O)O)cn5C4CC4)CC3)c(=S)n2Cc2ccccc2)c(=O)n1/C=C\c1c[nH]c2ccccc12. The Morgan fingerprint density at radius 2 is 1.72 bits per heavy atom. The predicted octanol–water partition coefficient (Wildman–Crippen LogP) is 5.55. The molecule has 0 unspecified atom stereocenters. The van der Waals surface area contributed by atoms with Crippen LogP contribution in [0.3, 0.4) is 0 Å². The average Bonchev–Trinajstić information content (AvgIpc) is 3.84. The van der Waals surface area contributed by atoms with Gasteiger partial charge in [-0.05, 0) is 61.8 Å². The van der Waals surface area contributed by atoms with Crippen molar-refractivity contribution >= 4 is 58.0 Å². The van der Waals surface area contributed by atoms with Gasteiger partial charge in [-0.3, -0.25) is 18.8 Å². The molecule has 4 aromatic heterocycles. The minimum absolute atomic E-state index is 0.0732. The Morgan fingerprint density at radius 3 is 2.47 bits per heavy atom. The van der Waals surface area contributed by atoms with Crippen molar-refractivity contribution in [3.63, 3.8) is 0 Å². The van der Waals surface area contributed by atoms with Crippen LogP contribution in [0.2, 0.25) is 0 Å². The smallest absolute Gasteiger partial charge is 0.350 e. The highest BCUT2D eigenvalue weighted by atomic mass is 32.1. The summed E-state index contributed by atoms with van der Waals surface area (Å²) in [6.45, 7) is 4.91. The zero-order chi connectivity index (χ0) is 39.4. The second kappa shape index (κ2) is 14.6. The van der Waals surface area contributed by atoms with Crippen molar-refractivity contribution in [1.29, 1.82) is 0 Å². The molecule has 3 aromatic carbocycles. The molecular weight excluding hydrogens is 748 g/mol. The lowest BCUT2D eigenvalue weighted by Crippen LogP contribution is -2.47. The Morgan fingerprint density at radius 1 is 0.965 bits per heavy atom. The highest BCUT2D eigenvalue weighted by Gasteiger charge is 2.29. The third-order valence-corrected chi connectivity index (χ3v) is 11.3. The van der Waals surface area contributed by atoms with E-state index in [1.54, 1.807) is 23.9 Å². The van der Waals surface area contributed by atoms with Crippen LogP contribution in [0.4, 0.5) is 10.1 Å². The lowest BCUT2D eigenvalue weighted by molar-refractivity contribution is 0.0694. The number of aromatic amines is 1. The van der Waals surface area contributed by atoms with Crippen LogP contribution >= 0.6 is 12.2 Å². The van der Waals surface area contributed by atoms with Gasteiger partial charge in [0.1, 0.15) is 23.7 Å². The summed E-state index contributed by atoms with van der Waals surface area (Å²) in [4.78, 5) is 45.9. The summed E-state index contributed by atoms with van der Waals surface area (Å²) < 4.78 is 24.6. The second-order valence-electron chi connectivity index (χ2n) is 14.6. The molecule has 2 N–H and O–H groups in total. The minimum Gasteiger partial charge on any atom is -0.477 e. The summed E-state index contributed by atoms with van der Waals surface area (Å²) in [5.41, 5.74) is 2.58. The number of rotatable bonds is 11. The first kappa shape index (κ1) is 36.3. The van der Waals surface area contributed by atoms with Gasteiger partial charge in [0.05, 0.1) is 24.4 Å². The summed E-state index contributed by atoms with van der Waals surface area (Å²) in [6.07, 6.45) is 8.67. The van der Waals surface area contributed by atoms with Gasteiger partial charge in [-0.25, -0.2) is 23.3 Å². The molecule has 1 saturated carbocycles. The molecule has 14 nitrogen and oxygen atoms in total. The summed E-state index contributed by atoms with van der Waals surface area (Å²) in [5, 5.41) is 20.3. The molecule has 0 amide bonds. The van der Waals surface area contributed by atoms with Crippen LogP contribution in [-0.4, -0.2) is 80.4 Å². The molecule has 57 heavy (non-hydrogen) atoms. The lowest BCUT2D eigenvalue weighted by Gasteiger charge is -2.36. The largest absolute Gasteiger partial charge is 0.477 e. The number of anilines is 1. The number of benzene rings is 3. The number of halogens is 1. The number of carbonyl (C=O) groups is 1. The first-order chi connectivity index (χ1) is 27.6. The molecule has 1 aliphatic heterocycles. The molecule has 1 saturated heterocycles. The number of fused-ring (bicyclic) bond motifs is 2.